The molecule has 0 radical (unpaired) electrons. The fourth-order valence-electron chi connectivity index (χ4n) is 2.32. The van der Waals surface area contributed by atoms with Crippen LogP contribution < -0.4 is 15.8 Å². The van der Waals surface area contributed by atoms with Crippen LogP contribution in [0.1, 0.15) is 23.2 Å². The lowest BCUT2D eigenvalue weighted by Gasteiger charge is -2.15. The van der Waals surface area contributed by atoms with Gasteiger partial charge in [-0.25, -0.2) is 4.79 Å². The van der Waals surface area contributed by atoms with Gasteiger partial charge in [0.25, 0.3) is 5.91 Å². The third kappa shape index (κ3) is 3.55. The summed E-state index contributed by atoms with van der Waals surface area (Å²) in [5.41, 5.74) is 6.12. The number of nitrogens with two attached hydrogens (primary N) is 1. The molecule has 1 fully saturated rings. The molecule has 7 heteroatoms. The number of benzene rings is 1. The van der Waals surface area contributed by atoms with Gasteiger partial charge in [0.2, 0.25) is 0 Å². The van der Waals surface area contributed by atoms with Crippen LogP contribution in [0.2, 0.25) is 0 Å². The summed E-state index contributed by atoms with van der Waals surface area (Å²) in [4.78, 5) is 24.1. The Hall–Kier alpha value is -2.12. The summed E-state index contributed by atoms with van der Waals surface area (Å²) in [7, 11) is 2.77. The van der Waals surface area contributed by atoms with Gasteiger partial charge in [0, 0.05) is 6.54 Å². The summed E-state index contributed by atoms with van der Waals surface area (Å²) in [6.07, 6.45) is 0.714. The Bertz CT molecular complexity index is 561. The van der Waals surface area contributed by atoms with Crippen molar-refractivity contribution in [3.8, 4) is 5.75 Å². The summed E-state index contributed by atoms with van der Waals surface area (Å²) in [6.45, 7) is 0.389. The highest BCUT2D eigenvalue weighted by molar-refractivity contribution is 6.02. The molecular weight excluding hydrogens is 288 g/mol. The van der Waals surface area contributed by atoms with Crippen LogP contribution >= 0.6 is 0 Å². The van der Waals surface area contributed by atoms with Crippen molar-refractivity contribution in [2.75, 3.05) is 26.1 Å². The number of hydrogen-bond acceptors (Lipinski definition) is 6. The number of rotatable bonds is 5. The molecule has 22 heavy (non-hydrogen) atoms. The van der Waals surface area contributed by atoms with Gasteiger partial charge in [0.1, 0.15) is 11.9 Å². The Labute approximate surface area is 128 Å². The molecule has 1 aliphatic heterocycles. The number of carbonyl (C=O) groups excluding carboxylic acids is 2. The maximum absolute atomic E-state index is 12.2. The highest BCUT2D eigenvalue weighted by Crippen LogP contribution is 2.25. The van der Waals surface area contributed by atoms with E-state index in [9.17, 15) is 9.59 Å². The zero-order valence-corrected chi connectivity index (χ0v) is 12.6. The first-order valence-electron chi connectivity index (χ1n) is 7.01. The zero-order valence-electron chi connectivity index (χ0n) is 12.6. The largest absolute Gasteiger partial charge is 0.497 e. The van der Waals surface area contributed by atoms with Crippen LogP contribution in [0.5, 0.6) is 5.75 Å². The van der Waals surface area contributed by atoms with E-state index in [0.717, 1.165) is 6.42 Å². The first-order chi connectivity index (χ1) is 10.6. The van der Waals surface area contributed by atoms with Crippen molar-refractivity contribution in [2.45, 2.75) is 25.0 Å². The number of nitrogens with one attached hydrogen (secondary N) is 1. The number of anilines is 1. The Morgan fingerprint density at radius 3 is 2.73 bits per heavy atom. The van der Waals surface area contributed by atoms with Gasteiger partial charge in [-0.2, -0.15) is 0 Å². The highest BCUT2D eigenvalue weighted by Gasteiger charge is 2.30. The van der Waals surface area contributed by atoms with E-state index in [2.05, 4.69) is 5.32 Å². The van der Waals surface area contributed by atoms with Crippen molar-refractivity contribution >= 4 is 17.6 Å². The van der Waals surface area contributed by atoms with Gasteiger partial charge >= 0.3 is 5.97 Å². The molecule has 0 saturated carbocycles. The lowest BCUT2D eigenvalue weighted by Crippen LogP contribution is -2.30. The second-order valence-electron chi connectivity index (χ2n) is 4.95. The lowest BCUT2D eigenvalue weighted by atomic mass is 10.1. The molecule has 1 aromatic rings. The fourth-order valence-corrected chi connectivity index (χ4v) is 2.32. The predicted octanol–water partition coefficient (Wildman–Crippen LogP) is 0.927. The Balaban J connectivity index is 2.15. The van der Waals surface area contributed by atoms with Crippen LogP contribution in [0.25, 0.3) is 0 Å². The molecular formula is C15H20N2O5. The van der Waals surface area contributed by atoms with E-state index in [4.69, 9.17) is 19.9 Å². The Kier molecular flexibility index (Phi) is 5.35. The van der Waals surface area contributed by atoms with Gasteiger partial charge < -0.3 is 25.3 Å². The Morgan fingerprint density at radius 2 is 2.14 bits per heavy atom. The predicted molar refractivity (Wildman–Crippen MR) is 79.9 cm³/mol. The third-order valence-electron chi connectivity index (χ3n) is 3.55. The average molecular weight is 308 g/mol. The van der Waals surface area contributed by atoms with Crippen LogP contribution in [-0.2, 0) is 14.3 Å². The van der Waals surface area contributed by atoms with Crippen molar-refractivity contribution < 1.29 is 23.8 Å². The zero-order chi connectivity index (χ0) is 16.1. The van der Waals surface area contributed by atoms with Crippen molar-refractivity contribution in [3.05, 3.63) is 23.8 Å². The number of methoxy groups -OCH3 is 2. The summed E-state index contributed by atoms with van der Waals surface area (Å²) >= 11 is 0. The van der Waals surface area contributed by atoms with E-state index in [1.165, 1.54) is 20.3 Å². The summed E-state index contributed by atoms with van der Waals surface area (Å²) in [5.74, 6) is -0.355. The molecule has 0 unspecified atom stereocenters. The second kappa shape index (κ2) is 7.24. The number of amides is 1. The van der Waals surface area contributed by atoms with Gasteiger partial charge in [-0.05, 0) is 31.0 Å². The molecule has 1 aromatic carbocycles. The summed E-state index contributed by atoms with van der Waals surface area (Å²) in [6, 6.07) is 4.76. The first kappa shape index (κ1) is 16.3. The highest BCUT2D eigenvalue weighted by atomic mass is 16.5. The molecule has 1 saturated heterocycles. The van der Waals surface area contributed by atoms with Crippen molar-refractivity contribution in [1.82, 2.24) is 0 Å². The average Bonchev–Trinajstić information content (AvgIpc) is 3.03. The monoisotopic (exact) mass is 308 g/mol. The van der Waals surface area contributed by atoms with E-state index in [-0.39, 0.29) is 17.6 Å². The van der Waals surface area contributed by atoms with Crippen LogP contribution in [-0.4, -0.2) is 44.8 Å². The quantitative estimate of drug-likeness (QED) is 0.785. The lowest BCUT2D eigenvalue weighted by molar-refractivity contribution is -0.126. The number of hydrogen-bond donors (Lipinski definition) is 2. The standard InChI is InChI=1S/C15H20N2O5/c1-20-9-3-5-12(11(7-9)15(19)21-2)17-14(18)13-6-4-10(8-16)22-13/h3,5,7,10,13H,4,6,8,16H2,1-2H3,(H,17,18)/t10-,13+/m1/s1. The van der Waals surface area contributed by atoms with Gasteiger partial charge in [0.05, 0.1) is 31.6 Å². The van der Waals surface area contributed by atoms with Crippen LogP contribution in [0, 0.1) is 0 Å². The van der Waals surface area contributed by atoms with E-state index >= 15 is 0 Å². The maximum Gasteiger partial charge on any atom is 0.340 e. The number of ether oxygens (including phenoxy) is 3. The number of carbonyl (C=O) groups is 2. The van der Waals surface area contributed by atoms with Crippen LogP contribution in [0.4, 0.5) is 5.69 Å². The van der Waals surface area contributed by atoms with E-state index in [1.807, 2.05) is 0 Å². The minimum Gasteiger partial charge on any atom is -0.497 e. The van der Waals surface area contributed by atoms with E-state index in [1.54, 1.807) is 12.1 Å². The van der Waals surface area contributed by atoms with Crippen LogP contribution in [0.15, 0.2) is 18.2 Å². The van der Waals surface area contributed by atoms with Crippen LogP contribution in [0.3, 0.4) is 0 Å². The van der Waals surface area contributed by atoms with Gasteiger partial charge in [0.15, 0.2) is 0 Å². The Morgan fingerprint density at radius 1 is 1.36 bits per heavy atom. The smallest absolute Gasteiger partial charge is 0.340 e. The molecule has 1 aliphatic rings. The molecule has 2 atom stereocenters. The molecule has 1 heterocycles. The van der Waals surface area contributed by atoms with E-state index < -0.39 is 12.1 Å². The molecule has 0 bridgehead atoms. The van der Waals surface area contributed by atoms with Crippen molar-refractivity contribution in [2.24, 2.45) is 5.73 Å². The molecule has 2 rings (SSSR count). The molecule has 0 spiro atoms. The van der Waals surface area contributed by atoms with Gasteiger partial charge in [-0.3, -0.25) is 4.79 Å². The molecule has 0 aromatic heterocycles. The first-order valence-corrected chi connectivity index (χ1v) is 7.01. The molecule has 7 nitrogen and oxygen atoms in total. The molecule has 1 amide bonds. The van der Waals surface area contributed by atoms with Gasteiger partial charge in [-0.15, -0.1) is 0 Å². The minimum absolute atomic E-state index is 0.0910. The minimum atomic E-state index is -0.554. The number of esters is 1. The maximum atomic E-state index is 12.2. The van der Waals surface area contributed by atoms with Gasteiger partial charge in [-0.1, -0.05) is 0 Å². The summed E-state index contributed by atoms with van der Waals surface area (Å²) < 4.78 is 15.3. The SMILES string of the molecule is COC(=O)c1cc(OC)ccc1NC(=O)[C@@H]1CC[C@H](CN)O1. The molecule has 0 aliphatic carbocycles. The third-order valence-corrected chi connectivity index (χ3v) is 3.55. The van der Waals surface area contributed by atoms with Crippen molar-refractivity contribution in [3.63, 3.8) is 0 Å². The second-order valence-corrected chi connectivity index (χ2v) is 4.95. The topological polar surface area (TPSA) is 99.9 Å². The summed E-state index contributed by atoms with van der Waals surface area (Å²) in [5, 5.41) is 2.70. The normalized spacial score (nSPS) is 20.5. The van der Waals surface area contributed by atoms with E-state index in [0.29, 0.717) is 24.4 Å². The van der Waals surface area contributed by atoms with Crippen molar-refractivity contribution in [1.29, 1.82) is 0 Å². The molecule has 120 valence electrons. The molecule has 3 N–H and O–H groups in total. The fraction of sp³-hybridized carbons (Fsp3) is 0.467.